The number of piperidine rings is 1. The van der Waals surface area contributed by atoms with E-state index in [1.54, 1.807) is 0 Å². The number of rotatable bonds is 6. The molecule has 0 aromatic carbocycles. The van der Waals surface area contributed by atoms with E-state index in [1.165, 1.54) is 32.5 Å². The Balaban J connectivity index is 1.74. The maximum Gasteiger partial charge on any atom is 0.0599 e. The van der Waals surface area contributed by atoms with Gasteiger partial charge in [-0.15, -0.1) is 0 Å². The summed E-state index contributed by atoms with van der Waals surface area (Å²) >= 11 is 0. The molecule has 1 N–H and O–H groups in total. The average molecular weight is 270 g/mol. The molecule has 0 aromatic heterocycles. The fourth-order valence-electron chi connectivity index (χ4n) is 3.33. The zero-order chi connectivity index (χ0) is 13.5. The van der Waals surface area contributed by atoms with Crippen molar-refractivity contribution in [1.29, 1.82) is 0 Å². The second kappa shape index (κ2) is 8.20. The van der Waals surface area contributed by atoms with E-state index >= 15 is 0 Å². The molecule has 0 bridgehead atoms. The Bertz CT molecular complexity index is 240. The van der Waals surface area contributed by atoms with Crippen LogP contribution in [-0.2, 0) is 9.47 Å². The first-order valence-corrected chi connectivity index (χ1v) is 7.98. The van der Waals surface area contributed by atoms with Crippen LogP contribution in [0.3, 0.4) is 0 Å². The van der Waals surface area contributed by atoms with Gasteiger partial charge in [-0.25, -0.2) is 0 Å². The lowest BCUT2D eigenvalue weighted by atomic mass is 9.94. The van der Waals surface area contributed by atoms with Gasteiger partial charge in [0.05, 0.1) is 12.7 Å². The minimum absolute atomic E-state index is 0.494. The summed E-state index contributed by atoms with van der Waals surface area (Å²) in [4.78, 5) is 2.60. The van der Waals surface area contributed by atoms with E-state index in [9.17, 15) is 0 Å². The minimum Gasteiger partial charge on any atom is -0.381 e. The summed E-state index contributed by atoms with van der Waals surface area (Å²) in [5.41, 5.74) is 0. The highest BCUT2D eigenvalue weighted by Gasteiger charge is 2.28. The largest absolute Gasteiger partial charge is 0.381 e. The van der Waals surface area contributed by atoms with Gasteiger partial charge < -0.3 is 19.7 Å². The second-order valence-corrected chi connectivity index (χ2v) is 5.74. The molecule has 2 unspecified atom stereocenters. The van der Waals surface area contributed by atoms with Crippen molar-refractivity contribution in [3.63, 3.8) is 0 Å². The SMILES string of the molecule is CCNC1CCOCC1CN1CCC(OCC)CC1. The van der Waals surface area contributed by atoms with Gasteiger partial charge in [-0.1, -0.05) is 6.92 Å². The molecule has 4 nitrogen and oxygen atoms in total. The molecule has 4 heteroatoms. The Morgan fingerprint density at radius 1 is 1.21 bits per heavy atom. The molecular weight excluding hydrogens is 240 g/mol. The highest BCUT2D eigenvalue weighted by Crippen LogP contribution is 2.20. The van der Waals surface area contributed by atoms with Crippen LogP contribution in [0.15, 0.2) is 0 Å². The maximum absolute atomic E-state index is 5.72. The van der Waals surface area contributed by atoms with Gasteiger partial charge >= 0.3 is 0 Å². The van der Waals surface area contributed by atoms with Gasteiger partial charge in [0, 0.05) is 44.8 Å². The average Bonchev–Trinajstić information content (AvgIpc) is 2.44. The van der Waals surface area contributed by atoms with Crippen LogP contribution in [0.1, 0.15) is 33.1 Å². The standard InChI is InChI=1S/C15H30N2O2/c1-3-16-15-7-10-18-12-13(15)11-17-8-5-14(6-9-17)19-4-2/h13-16H,3-12H2,1-2H3. The van der Waals surface area contributed by atoms with Crippen molar-refractivity contribution in [3.05, 3.63) is 0 Å². The summed E-state index contributed by atoms with van der Waals surface area (Å²) in [6.45, 7) is 11.6. The van der Waals surface area contributed by atoms with Crippen LogP contribution in [0.2, 0.25) is 0 Å². The topological polar surface area (TPSA) is 33.7 Å². The first-order valence-electron chi connectivity index (χ1n) is 7.98. The predicted octanol–water partition coefficient (Wildman–Crippen LogP) is 1.50. The smallest absolute Gasteiger partial charge is 0.0599 e. The van der Waals surface area contributed by atoms with E-state index in [1.807, 2.05) is 0 Å². The van der Waals surface area contributed by atoms with E-state index in [4.69, 9.17) is 9.47 Å². The van der Waals surface area contributed by atoms with Gasteiger partial charge in [-0.05, 0) is 32.7 Å². The van der Waals surface area contributed by atoms with Crippen LogP contribution in [0.4, 0.5) is 0 Å². The molecule has 19 heavy (non-hydrogen) atoms. The zero-order valence-corrected chi connectivity index (χ0v) is 12.6. The molecule has 0 amide bonds. The maximum atomic E-state index is 5.72. The van der Waals surface area contributed by atoms with E-state index in [2.05, 4.69) is 24.1 Å². The molecule has 2 atom stereocenters. The van der Waals surface area contributed by atoms with Crippen molar-refractivity contribution in [1.82, 2.24) is 10.2 Å². The van der Waals surface area contributed by atoms with Gasteiger partial charge in [-0.2, -0.15) is 0 Å². The normalized spacial score (nSPS) is 30.6. The molecule has 2 saturated heterocycles. The number of ether oxygens (including phenoxy) is 2. The molecule has 0 aromatic rings. The summed E-state index contributed by atoms with van der Waals surface area (Å²) in [7, 11) is 0. The number of hydrogen-bond acceptors (Lipinski definition) is 4. The number of nitrogens with zero attached hydrogens (tertiary/aromatic N) is 1. The molecule has 0 aliphatic carbocycles. The van der Waals surface area contributed by atoms with Gasteiger partial charge in [0.15, 0.2) is 0 Å². The molecule has 112 valence electrons. The number of nitrogens with one attached hydrogen (secondary N) is 1. The third kappa shape index (κ3) is 4.71. The molecule has 0 spiro atoms. The van der Waals surface area contributed by atoms with Crippen molar-refractivity contribution in [2.75, 3.05) is 46.0 Å². The fraction of sp³-hybridized carbons (Fsp3) is 1.00. The molecular formula is C15H30N2O2. The van der Waals surface area contributed by atoms with Crippen LogP contribution in [0.25, 0.3) is 0 Å². The lowest BCUT2D eigenvalue weighted by Gasteiger charge is -2.38. The summed E-state index contributed by atoms with van der Waals surface area (Å²) in [6.07, 6.45) is 4.03. The lowest BCUT2D eigenvalue weighted by Crippen LogP contribution is -2.49. The molecule has 0 radical (unpaired) electrons. The Kier molecular flexibility index (Phi) is 6.57. The van der Waals surface area contributed by atoms with Crippen molar-refractivity contribution in [2.45, 2.75) is 45.3 Å². The third-order valence-electron chi connectivity index (χ3n) is 4.37. The second-order valence-electron chi connectivity index (χ2n) is 5.74. The molecule has 2 heterocycles. The summed E-state index contributed by atoms with van der Waals surface area (Å²) in [5.74, 6) is 0.650. The van der Waals surface area contributed by atoms with Gasteiger partial charge in [0.1, 0.15) is 0 Å². The monoisotopic (exact) mass is 270 g/mol. The van der Waals surface area contributed by atoms with Crippen LogP contribution in [0.5, 0.6) is 0 Å². The van der Waals surface area contributed by atoms with E-state index < -0.39 is 0 Å². The van der Waals surface area contributed by atoms with Crippen molar-refractivity contribution in [3.8, 4) is 0 Å². The lowest BCUT2D eigenvalue weighted by molar-refractivity contribution is -0.0112. The summed E-state index contributed by atoms with van der Waals surface area (Å²) < 4.78 is 11.4. The van der Waals surface area contributed by atoms with Crippen LogP contribution in [0, 0.1) is 5.92 Å². The van der Waals surface area contributed by atoms with Crippen molar-refractivity contribution >= 4 is 0 Å². The summed E-state index contributed by atoms with van der Waals surface area (Å²) in [6, 6.07) is 0.642. The van der Waals surface area contributed by atoms with E-state index in [0.717, 1.165) is 32.8 Å². The van der Waals surface area contributed by atoms with Crippen LogP contribution < -0.4 is 5.32 Å². The number of hydrogen-bond donors (Lipinski definition) is 1. The van der Waals surface area contributed by atoms with Crippen LogP contribution in [-0.4, -0.2) is 63.0 Å². The van der Waals surface area contributed by atoms with Crippen molar-refractivity contribution in [2.24, 2.45) is 5.92 Å². The third-order valence-corrected chi connectivity index (χ3v) is 4.37. The van der Waals surface area contributed by atoms with E-state index in [0.29, 0.717) is 18.1 Å². The molecule has 2 rings (SSSR count). The zero-order valence-electron chi connectivity index (χ0n) is 12.6. The Hall–Kier alpha value is -0.160. The Labute approximate surface area is 117 Å². The van der Waals surface area contributed by atoms with Gasteiger partial charge in [0.2, 0.25) is 0 Å². The Morgan fingerprint density at radius 2 is 2.00 bits per heavy atom. The highest BCUT2D eigenvalue weighted by atomic mass is 16.5. The highest BCUT2D eigenvalue weighted by molar-refractivity contribution is 4.83. The van der Waals surface area contributed by atoms with Crippen LogP contribution >= 0.6 is 0 Å². The fourth-order valence-corrected chi connectivity index (χ4v) is 3.33. The first kappa shape index (κ1) is 15.2. The molecule has 2 aliphatic rings. The van der Waals surface area contributed by atoms with Gasteiger partial charge in [-0.3, -0.25) is 0 Å². The molecule has 2 fully saturated rings. The van der Waals surface area contributed by atoms with E-state index in [-0.39, 0.29) is 0 Å². The van der Waals surface area contributed by atoms with Crippen molar-refractivity contribution < 1.29 is 9.47 Å². The first-order chi connectivity index (χ1) is 9.33. The minimum atomic E-state index is 0.494. The molecule has 0 saturated carbocycles. The predicted molar refractivity (Wildman–Crippen MR) is 77.5 cm³/mol. The van der Waals surface area contributed by atoms with Gasteiger partial charge in [0.25, 0.3) is 0 Å². The summed E-state index contributed by atoms with van der Waals surface area (Å²) in [5, 5.41) is 3.62. The quantitative estimate of drug-likeness (QED) is 0.793. The Morgan fingerprint density at radius 3 is 2.68 bits per heavy atom. The molecule has 2 aliphatic heterocycles. The number of likely N-dealkylation sites (tertiary alicyclic amines) is 1.